The molecule has 0 atom stereocenters. The summed E-state index contributed by atoms with van der Waals surface area (Å²) in [6.07, 6.45) is 0. The minimum absolute atomic E-state index is 0.0672. The van der Waals surface area contributed by atoms with Gasteiger partial charge in [0.25, 0.3) is 5.91 Å². The summed E-state index contributed by atoms with van der Waals surface area (Å²) >= 11 is 5.93. The molecule has 0 aliphatic carbocycles. The van der Waals surface area contributed by atoms with Gasteiger partial charge in [-0.3, -0.25) is 14.5 Å². The van der Waals surface area contributed by atoms with E-state index in [1.807, 2.05) is 0 Å². The van der Waals surface area contributed by atoms with Crippen molar-refractivity contribution in [2.24, 2.45) is 0 Å². The Labute approximate surface area is 114 Å². The zero-order valence-electron chi connectivity index (χ0n) is 10.2. The van der Waals surface area contributed by atoms with E-state index in [4.69, 9.17) is 11.6 Å². The number of nitrogens with zero attached hydrogens (tertiary/aromatic N) is 1. The molecule has 0 aromatic heterocycles. The maximum atomic E-state index is 11.8. The molecule has 1 aromatic rings. The molecular weight excluding hydrogens is 270 g/mol. The zero-order chi connectivity index (χ0) is 14.0. The van der Waals surface area contributed by atoms with Crippen molar-refractivity contribution >= 4 is 35.1 Å². The van der Waals surface area contributed by atoms with E-state index in [1.165, 1.54) is 0 Å². The van der Waals surface area contributed by atoms with Crippen LogP contribution in [0.2, 0.25) is 5.02 Å². The van der Waals surface area contributed by atoms with Crippen LogP contribution in [-0.4, -0.2) is 35.8 Å². The molecule has 1 aliphatic rings. The standard InChI is InChI=1S/C12H12ClN3O3/c1-7-8(13)3-2-4-9(7)15-10(17)6-16-11(18)5-14-12(16)19/h2-4H,5-6H2,1H3,(H,14,19)(H,15,17). The number of anilines is 1. The van der Waals surface area contributed by atoms with Gasteiger partial charge in [0.1, 0.15) is 6.54 Å². The minimum Gasteiger partial charge on any atom is -0.329 e. The van der Waals surface area contributed by atoms with Gasteiger partial charge in [0.05, 0.1) is 6.54 Å². The Bertz CT molecular complexity index is 543. The first-order chi connectivity index (χ1) is 8.99. The van der Waals surface area contributed by atoms with Gasteiger partial charge in [-0.15, -0.1) is 0 Å². The fraction of sp³-hybridized carbons (Fsp3) is 0.250. The minimum atomic E-state index is -0.553. The molecule has 0 bridgehead atoms. The Morgan fingerprint density at radius 3 is 2.84 bits per heavy atom. The highest BCUT2D eigenvalue weighted by Crippen LogP contribution is 2.22. The van der Waals surface area contributed by atoms with Gasteiger partial charge in [-0.2, -0.15) is 0 Å². The molecule has 2 N–H and O–H groups in total. The second-order valence-corrected chi connectivity index (χ2v) is 4.51. The van der Waals surface area contributed by atoms with E-state index in [0.717, 1.165) is 10.5 Å². The zero-order valence-corrected chi connectivity index (χ0v) is 11.0. The van der Waals surface area contributed by atoms with Crippen LogP contribution in [-0.2, 0) is 9.59 Å². The van der Waals surface area contributed by atoms with E-state index in [0.29, 0.717) is 10.7 Å². The monoisotopic (exact) mass is 281 g/mol. The third kappa shape index (κ3) is 2.85. The largest absolute Gasteiger partial charge is 0.329 e. The van der Waals surface area contributed by atoms with Crippen molar-refractivity contribution in [3.05, 3.63) is 28.8 Å². The first-order valence-corrected chi connectivity index (χ1v) is 6.00. The lowest BCUT2D eigenvalue weighted by atomic mass is 10.2. The molecule has 0 radical (unpaired) electrons. The molecule has 7 heteroatoms. The van der Waals surface area contributed by atoms with Crippen LogP contribution in [0.25, 0.3) is 0 Å². The molecule has 4 amide bonds. The molecule has 100 valence electrons. The molecule has 0 unspecified atom stereocenters. The van der Waals surface area contributed by atoms with Crippen LogP contribution < -0.4 is 10.6 Å². The average molecular weight is 282 g/mol. The van der Waals surface area contributed by atoms with Crippen LogP contribution in [0.15, 0.2) is 18.2 Å². The normalized spacial score (nSPS) is 14.5. The third-order valence-electron chi connectivity index (χ3n) is 2.78. The molecule has 1 aromatic carbocycles. The lowest BCUT2D eigenvalue weighted by molar-refractivity contribution is -0.128. The summed E-state index contributed by atoms with van der Waals surface area (Å²) in [5.41, 5.74) is 1.29. The van der Waals surface area contributed by atoms with Crippen molar-refractivity contribution in [2.75, 3.05) is 18.4 Å². The van der Waals surface area contributed by atoms with E-state index in [9.17, 15) is 14.4 Å². The van der Waals surface area contributed by atoms with Crippen molar-refractivity contribution in [1.29, 1.82) is 0 Å². The fourth-order valence-corrected chi connectivity index (χ4v) is 1.87. The summed E-state index contributed by atoms with van der Waals surface area (Å²) in [7, 11) is 0. The Morgan fingerprint density at radius 2 is 2.21 bits per heavy atom. The molecule has 1 saturated heterocycles. The maximum Gasteiger partial charge on any atom is 0.325 e. The Balaban J connectivity index is 2.04. The molecule has 6 nitrogen and oxygen atoms in total. The Hall–Kier alpha value is -2.08. The smallest absolute Gasteiger partial charge is 0.325 e. The molecule has 1 heterocycles. The molecule has 0 spiro atoms. The second-order valence-electron chi connectivity index (χ2n) is 4.10. The molecule has 0 saturated carbocycles. The van der Waals surface area contributed by atoms with Crippen molar-refractivity contribution in [3.8, 4) is 0 Å². The van der Waals surface area contributed by atoms with Gasteiger partial charge in [-0.25, -0.2) is 4.79 Å². The maximum absolute atomic E-state index is 11.8. The highest BCUT2D eigenvalue weighted by molar-refractivity contribution is 6.31. The predicted molar refractivity (Wildman–Crippen MR) is 69.9 cm³/mol. The SMILES string of the molecule is Cc1c(Cl)cccc1NC(=O)CN1C(=O)CNC1=O. The van der Waals surface area contributed by atoms with Crippen molar-refractivity contribution in [2.45, 2.75) is 6.92 Å². The number of hydrogen-bond acceptors (Lipinski definition) is 3. The molecule has 2 rings (SSSR count). The van der Waals surface area contributed by atoms with Crippen LogP contribution in [0.5, 0.6) is 0 Å². The summed E-state index contributed by atoms with van der Waals surface area (Å²) < 4.78 is 0. The van der Waals surface area contributed by atoms with Gasteiger partial charge >= 0.3 is 6.03 Å². The lowest BCUT2D eigenvalue weighted by Gasteiger charge is -2.13. The number of amides is 4. The number of carbonyl (C=O) groups is 3. The Morgan fingerprint density at radius 1 is 1.47 bits per heavy atom. The van der Waals surface area contributed by atoms with Crippen molar-refractivity contribution in [3.63, 3.8) is 0 Å². The van der Waals surface area contributed by atoms with Crippen LogP contribution in [0, 0.1) is 6.92 Å². The van der Waals surface area contributed by atoms with Gasteiger partial charge in [-0.1, -0.05) is 17.7 Å². The van der Waals surface area contributed by atoms with Gasteiger partial charge < -0.3 is 10.6 Å². The van der Waals surface area contributed by atoms with E-state index in [1.54, 1.807) is 25.1 Å². The van der Waals surface area contributed by atoms with Crippen LogP contribution in [0.1, 0.15) is 5.56 Å². The number of carbonyl (C=O) groups excluding carboxylic acids is 3. The lowest BCUT2D eigenvalue weighted by Crippen LogP contribution is -2.38. The summed E-state index contributed by atoms with van der Waals surface area (Å²) in [4.78, 5) is 35.3. The number of halogens is 1. The molecule has 1 fully saturated rings. The second kappa shape index (κ2) is 5.27. The van der Waals surface area contributed by atoms with E-state index in [2.05, 4.69) is 10.6 Å². The number of nitrogens with one attached hydrogen (secondary N) is 2. The summed E-state index contributed by atoms with van der Waals surface area (Å²) in [6, 6.07) is 4.57. The predicted octanol–water partition coefficient (Wildman–Crippen LogP) is 1.14. The van der Waals surface area contributed by atoms with E-state index < -0.39 is 17.8 Å². The first-order valence-electron chi connectivity index (χ1n) is 5.62. The van der Waals surface area contributed by atoms with Crippen molar-refractivity contribution in [1.82, 2.24) is 10.2 Å². The quantitative estimate of drug-likeness (QED) is 0.816. The number of benzene rings is 1. The van der Waals surface area contributed by atoms with Crippen LogP contribution in [0.3, 0.4) is 0 Å². The first kappa shape index (κ1) is 13.4. The number of imide groups is 1. The number of urea groups is 1. The number of hydrogen-bond donors (Lipinski definition) is 2. The summed E-state index contributed by atoms with van der Waals surface area (Å²) in [6.45, 7) is 1.39. The highest BCUT2D eigenvalue weighted by Gasteiger charge is 2.30. The third-order valence-corrected chi connectivity index (χ3v) is 3.19. The summed E-state index contributed by atoms with van der Waals surface area (Å²) in [5.74, 6) is -0.862. The molecule has 1 aliphatic heterocycles. The van der Waals surface area contributed by atoms with Crippen LogP contribution in [0.4, 0.5) is 10.5 Å². The topological polar surface area (TPSA) is 78.5 Å². The summed E-state index contributed by atoms with van der Waals surface area (Å²) in [5, 5.41) is 5.50. The molecular formula is C12H12ClN3O3. The van der Waals surface area contributed by atoms with Gasteiger partial charge in [0.15, 0.2) is 0 Å². The van der Waals surface area contributed by atoms with E-state index >= 15 is 0 Å². The van der Waals surface area contributed by atoms with E-state index in [-0.39, 0.29) is 13.1 Å². The number of rotatable bonds is 3. The van der Waals surface area contributed by atoms with Gasteiger partial charge in [0.2, 0.25) is 5.91 Å². The Kier molecular flexibility index (Phi) is 3.71. The van der Waals surface area contributed by atoms with Crippen LogP contribution >= 0.6 is 11.6 Å². The van der Waals surface area contributed by atoms with Gasteiger partial charge in [-0.05, 0) is 24.6 Å². The average Bonchev–Trinajstić information content (AvgIpc) is 2.67. The molecule has 19 heavy (non-hydrogen) atoms. The fourth-order valence-electron chi connectivity index (χ4n) is 1.69. The van der Waals surface area contributed by atoms with Gasteiger partial charge in [0, 0.05) is 10.7 Å². The highest BCUT2D eigenvalue weighted by atomic mass is 35.5. The van der Waals surface area contributed by atoms with Crippen molar-refractivity contribution < 1.29 is 14.4 Å².